The van der Waals surface area contributed by atoms with Gasteiger partial charge in [-0.3, -0.25) is 4.79 Å². The average Bonchev–Trinajstić information content (AvgIpc) is 2.82. The lowest BCUT2D eigenvalue weighted by molar-refractivity contribution is -0.142. The van der Waals surface area contributed by atoms with E-state index in [-0.39, 0.29) is 12.0 Å². The summed E-state index contributed by atoms with van der Waals surface area (Å²) in [5.74, 6) is 0.652. The van der Waals surface area contributed by atoms with Crippen LogP contribution in [0.2, 0.25) is 0 Å². The number of aliphatic carboxylic acids is 1. The second-order valence-electron chi connectivity index (χ2n) is 7.79. The van der Waals surface area contributed by atoms with E-state index in [0.29, 0.717) is 49.7 Å². The number of piperidine rings is 1. The number of methoxy groups -OCH3 is 2. The van der Waals surface area contributed by atoms with Gasteiger partial charge in [0.1, 0.15) is 17.2 Å². The highest BCUT2D eigenvalue weighted by atomic mass is 16.6. The Balaban J connectivity index is 1.70. The first-order valence-electron chi connectivity index (χ1n) is 10.7. The molecule has 0 saturated carbocycles. The number of hydrogen-bond acceptors (Lipinski definition) is 6. The maximum absolute atomic E-state index is 13.0. The van der Waals surface area contributed by atoms with Crippen LogP contribution in [0.1, 0.15) is 24.8 Å². The molecule has 8 nitrogen and oxygen atoms in total. The molecule has 0 aromatic heterocycles. The van der Waals surface area contributed by atoms with Gasteiger partial charge in [0.15, 0.2) is 0 Å². The van der Waals surface area contributed by atoms with Gasteiger partial charge in [0.05, 0.1) is 26.7 Å². The average molecular weight is 443 g/mol. The van der Waals surface area contributed by atoms with E-state index >= 15 is 0 Å². The molecule has 2 aromatic rings. The number of carbonyl (C=O) groups is 2. The van der Waals surface area contributed by atoms with Gasteiger partial charge in [-0.1, -0.05) is 18.2 Å². The van der Waals surface area contributed by atoms with Crippen molar-refractivity contribution in [3.8, 4) is 17.2 Å². The molecule has 2 N–H and O–H groups in total. The minimum absolute atomic E-state index is 0.149. The number of rotatable bonds is 9. The normalized spacial score (nSPS) is 17.9. The molecular formula is C24H30N2O6. The summed E-state index contributed by atoms with van der Waals surface area (Å²) in [5, 5.41) is 12.5. The molecule has 3 rings (SSSR count). The largest absolute Gasteiger partial charge is 0.497 e. The maximum Gasteiger partial charge on any atom is 0.415 e. The van der Waals surface area contributed by atoms with E-state index in [4.69, 9.17) is 14.2 Å². The standard InChI is InChI=1S/C24H30N2O6/c1-30-21-11-9-18(22(14-21)31-2)16-26(24(29)32-20-6-4-3-5-7-20)13-12-19-10-8-17(15-25-19)23(27)28/h3-7,9,11,14,17,19,25H,8,10,12-13,15-16H2,1-2H3,(H,27,28). The highest BCUT2D eigenvalue weighted by Crippen LogP contribution is 2.26. The minimum Gasteiger partial charge on any atom is -0.497 e. The number of carboxylic acid groups (broad SMARTS) is 1. The van der Waals surface area contributed by atoms with Gasteiger partial charge in [-0.25, -0.2) is 4.79 Å². The third-order valence-corrected chi connectivity index (χ3v) is 5.68. The van der Waals surface area contributed by atoms with Crippen molar-refractivity contribution in [1.82, 2.24) is 10.2 Å². The highest BCUT2D eigenvalue weighted by molar-refractivity contribution is 5.71. The lowest BCUT2D eigenvalue weighted by atomic mass is 9.93. The molecule has 172 valence electrons. The second kappa shape index (κ2) is 11.4. The van der Waals surface area contributed by atoms with Crippen LogP contribution >= 0.6 is 0 Å². The zero-order chi connectivity index (χ0) is 22.9. The zero-order valence-corrected chi connectivity index (χ0v) is 18.5. The van der Waals surface area contributed by atoms with Crippen molar-refractivity contribution in [1.29, 1.82) is 0 Å². The summed E-state index contributed by atoms with van der Waals surface area (Å²) in [6, 6.07) is 14.6. The number of amides is 1. The molecule has 1 heterocycles. The van der Waals surface area contributed by atoms with Crippen LogP contribution in [0.15, 0.2) is 48.5 Å². The molecule has 2 unspecified atom stereocenters. The fourth-order valence-corrected chi connectivity index (χ4v) is 3.76. The Hall–Kier alpha value is -3.26. The van der Waals surface area contributed by atoms with Crippen molar-refractivity contribution in [3.05, 3.63) is 54.1 Å². The van der Waals surface area contributed by atoms with Gasteiger partial charge < -0.3 is 29.5 Å². The Labute approximate surface area is 188 Å². The third-order valence-electron chi connectivity index (χ3n) is 5.68. The van der Waals surface area contributed by atoms with Crippen LogP contribution < -0.4 is 19.5 Å². The van der Waals surface area contributed by atoms with Crippen LogP contribution in [0.3, 0.4) is 0 Å². The topological polar surface area (TPSA) is 97.3 Å². The summed E-state index contributed by atoms with van der Waals surface area (Å²) >= 11 is 0. The number of carbonyl (C=O) groups excluding carboxylic acids is 1. The molecule has 2 atom stereocenters. The lowest BCUT2D eigenvalue weighted by Crippen LogP contribution is -2.44. The fourth-order valence-electron chi connectivity index (χ4n) is 3.76. The summed E-state index contributed by atoms with van der Waals surface area (Å²) in [4.78, 5) is 25.8. The molecule has 0 spiro atoms. The van der Waals surface area contributed by atoms with E-state index in [0.717, 1.165) is 12.0 Å². The van der Waals surface area contributed by atoms with Gasteiger partial charge in [0.2, 0.25) is 0 Å². The Morgan fingerprint density at radius 1 is 1.06 bits per heavy atom. The van der Waals surface area contributed by atoms with Gasteiger partial charge in [0, 0.05) is 30.8 Å². The number of ether oxygens (including phenoxy) is 3. The number of carboxylic acids is 1. The summed E-state index contributed by atoms with van der Waals surface area (Å²) in [5.41, 5.74) is 0.834. The van der Waals surface area contributed by atoms with Crippen LogP contribution in [0.4, 0.5) is 4.79 Å². The molecule has 8 heteroatoms. The number of nitrogens with one attached hydrogen (secondary N) is 1. The minimum atomic E-state index is -0.768. The van der Waals surface area contributed by atoms with Crippen molar-refractivity contribution in [2.24, 2.45) is 5.92 Å². The summed E-state index contributed by atoms with van der Waals surface area (Å²) in [7, 11) is 3.17. The summed E-state index contributed by atoms with van der Waals surface area (Å²) < 4.78 is 16.3. The summed E-state index contributed by atoms with van der Waals surface area (Å²) in [6.07, 6.45) is 1.63. The molecule has 0 radical (unpaired) electrons. The van der Waals surface area contributed by atoms with Crippen molar-refractivity contribution < 1.29 is 28.9 Å². The summed E-state index contributed by atoms with van der Waals surface area (Å²) in [6.45, 7) is 1.21. The van der Waals surface area contributed by atoms with Crippen molar-refractivity contribution >= 4 is 12.1 Å². The van der Waals surface area contributed by atoms with E-state index in [9.17, 15) is 14.7 Å². The Bertz CT molecular complexity index is 897. The molecule has 1 aliphatic rings. The maximum atomic E-state index is 13.0. The van der Waals surface area contributed by atoms with Crippen LogP contribution in [-0.4, -0.2) is 55.4 Å². The zero-order valence-electron chi connectivity index (χ0n) is 18.5. The molecule has 1 fully saturated rings. The highest BCUT2D eigenvalue weighted by Gasteiger charge is 2.27. The van der Waals surface area contributed by atoms with Crippen LogP contribution in [0.25, 0.3) is 0 Å². The van der Waals surface area contributed by atoms with Gasteiger partial charge in [-0.05, 0) is 43.5 Å². The first kappa shape index (κ1) is 23.4. The SMILES string of the molecule is COc1ccc(CN(CCC2CCC(C(=O)O)CN2)C(=O)Oc2ccccc2)c(OC)c1. The molecular weight excluding hydrogens is 412 g/mol. The monoisotopic (exact) mass is 442 g/mol. The van der Waals surface area contributed by atoms with E-state index in [1.807, 2.05) is 30.3 Å². The van der Waals surface area contributed by atoms with Crippen molar-refractivity contribution in [3.63, 3.8) is 0 Å². The van der Waals surface area contributed by atoms with Crippen LogP contribution in [-0.2, 0) is 11.3 Å². The molecule has 2 aromatic carbocycles. The molecule has 1 amide bonds. The molecule has 32 heavy (non-hydrogen) atoms. The van der Waals surface area contributed by atoms with E-state index in [1.54, 1.807) is 37.3 Å². The number of benzene rings is 2. The van der Waals surface area contributed by atoms with Crippen LogP contribution in [0, 0.1) is 5.92 Å². The Kier molecular flexibility index (Phi) is 8.33. The van der Waals surface area contributed by atoms with Crippen molar-refractivity contribution in [2.45, 2.75) is 31.8 Å². The predicted octanol–water partition coefficient (Wildman–Crippen LogP) is 3.55. The second-order valence-corrected chi connectivity index (χ2v) is 7.79. The smallest absolute Gasteiger partial charge is 0.415 e. The van der Waals surface area contributed by atoms with E-state index < -0.39 is 12.1 Å². The van der Waals surface area contributed by atoms with Crippen LogP contribution in [0.5, 0.6) is 17.2 Å². The van der Waals surface area contributed by atoms with Gasteiger partial charge in [-0.2, -0.15) is 0 Å². The van der Waals surface area contributed by atoms with Gasteiger partial charge in [-0.15, -0.1) is 0 Å². The number of nitrogens with zero attached hydrogens (tertiary/aromatic N) is 1. The van der Waals surface area contributed by atoms with E-state index in [1.165, 1.54) is 0 Å². The third kappa shape index (κ3) is 6.37. The van der Waals surface area contributed by atoms with Crippen molar-refractivity contribution in [2.75, 3.05) is 27.3 Å². The Morgan fingerprint density at radius 3 is 2.47 bits per heavy atom. The molecule has 0 bridgehead atoms. The lowest BCUT2D eigenvalue weighted by Gasteiger charge is -2.30. The predicted molar refractivity (Wildman–Crippen MR) is 119 cm³/mol. The first-order valence-corrected chi connectivity index (χ1v) is 10.7. The fraction of sp³-hybridized carbons (Fsp3) is 0.417. The number of hydrogen-bond donors (Lipinski definition) is 2. The Morgan fingerprint density at radius 2 is 1.84 bits per heavy atom. The number of para-hydroxylation sites is 1. The molecule has 0 aliphatic carbocycles. The van der Waals surface area contributed by atoms with Gasteiger partial charge in [0.25, 0.3) is 0 Å². The van der Waals surface area contributed by atoms with Gasteiger partial charge >= 0.3 is 12.1 Å². The molecule has 1 saturated heterocycles. The van der Waals surface area contributed by atoms with E-state index in [2.05, 4.69) is 5.32 Å². The quantitative estimate of drug-likeness (QED) is 0.613. The first-order chi connectivity index (χ1) is 15.5. The molecule has 1 aliphatic heterocycles.